The van der Waals surface area contributed by atoms with E-state index in [1.165, 1.54) is 4.68 Å². The van der Waals surface area contributed by atoms with E-state index < -0.39 is 41.0 Å². The molecule has 0 fully saturated rings. The second kappa shape index (κ2) is 8.01. The van der Waals surface area contributed by atoms with Gasteiger partial charge in [0.1, 0.15) is 0 Å². The average molecular weight is 418 g/mol. The minimum absolute atomic E-state index is 0.0698. The molecule has 0 saturated heterocycles. The predicted molar refractivity (Wildman–Crippen MR) is 93.1 cm³/mol. The van der Waals surface area contributed by atoms with Gasteiger partial charge in [0.05, 0.1) is 21.8 Å². The SMILES string of the molecule is Cc1nn(C)c(C)c1C(=O)C(=O)OCC(=O)Nc1ccc(Cl)c(C(F)(F)F)c1. The Labute approximate surface area is 162 Å². The van der Waals surface area contributed by atoms with Gasteiger partial charge in [-0.25, -0.2) is 4.79 Å². The molecule has 0 bridgehead atoms. The quantitative estimate of drug-likeness (QED) is 0.458. The standard InChI is InChI=1S/C17H15ClF3N3O4/c1-8-14(9(2)24(3)23-8)15(26)16(27)28-7-13(25)22-10-4-5-12(18)11(6-10)17(19,20)21/h4-6H,7H2,1-3H3,(H,22,25). The number of aromatic nitrogens is 2. The highest BCUT2D eigenvalue weighted by molar-refractivity contribution is 6.41. The summed E-state index contributed by atoms with van der Waals surface area (Å²) >= 11 is 5.49. The van der Waals surface area contributed by atoms with Crippen molar-refractivity contribution in [2.24, 2.45) is 7.05 Å². The normalized spacial score (nSPS) is 11.2. The number of ether oxygens (including phenoxy) is 1. The third-order valence-electron chi connectivity index (χ3n) is 3.81. The molecule has 7 nitrogen and oxygen atoms in total. The Kier molecular flexibility index (Phi) is 6.13. The maximum Gasteiger partial charge on any atom is 0.417 e. The van der Waals surface area contributed by atoms with E-state index in [2.05, 4.69) is 15.2 Å². The van der Waals surface area contributed by atoms with Gasteiger partial charge in [-0.2, -0.15) is 18.3 Å². The lowest BCUT2D eigenvalue weighted by Gasteiger charge is -2.12. The Hall–Kier alpha value is -2.88. The van der Waals surface area contributed by atoms with Crippen molar-refractivity contribution in [1.82, 2.24) is 9.78 Å². The van der Waals surface area contributed by atoms with Crippen LogP contribution in [0.5, 0.6) is 0 Å². The van der Waals surface area contributed by atoms with Gasteiger partial charge in [-0.05, 0) is 32.0 Å². The van der Waals surface area contributed by atoms with Crippen LogP contribution in [0.4, 0.5) is 18.9 Å². The summed E-state index contributed by atoms with van der Waals surface area (Å²) in [6, 6.07) is 2.78. The van der Waals surface area contributed by atoms with E-state index in [0.29, 0.717) is 17.5 Å². The number of carbonyl (C=O) groups is 3. The number of ketones is 1. The number of nitrogens with one attached hydrogen (secondary N) is 1. The third-order valence-corrected chi connectivity index (χ3v) is 4.14. The molecule has 0 unspecified atom stereocenters. The van der Waals surface area contributed by atoms with Gasteiger partial charge < -0.3 is 10.1 Å². The molecular formula is C17H15ClF3N3O4. The first-order valence-electron chi connectivity index (χ1n) is 7.80. The third kappa shape index (κ3) is 4.69. The number of hydrogen-bond acceptors (Lipinski definition) is 5. The summed E-state index contributed by atoms with van der Waals surface area (Å²) in [6.07, 6.45) is -4.70. The number of nitrogens with zero attached hydrogens (tertiary/aromatic N) is 2. The molecule has 0 aliphatic carbocycles. The number of halogens is 4. The molecule has 150 valence electrons. The molecule has 1 aromatic heterocycles. The first-order valence-corrected chi connectivity index (χ1v) is 8.18. The number of carbonyl (C=O) groups excluding carboxylic acids is 3. The van der Waals surface area contributed by atoms with Crippen LogP contribution in [0.1, 0.15) is 27.3 Å². The fourth-order valence-corrected chi connectivity index (χ4v) is 2.64. The molecule has 0 radical (unpaired) electrons. The van der Waals surface area contributed by atoms with Crippen LogP contribution in [0.25, 0.3) is 0 Å². The molecule has 1 N–H and O–H groups in total. The second-order valence-corrected chi connectivity index (χ2v) is 6.22. The molecule has 0 spiro atoms. The highest BCUT2D eigenvalue weighted by Gasteiger charge is 2.33. The number of anilines is 1. The summed E-state index contributed by atoms with van der Waals surface area (Å²) < 4.78 is 44.5. The highest BCUT2D eigenvalue weighted by atomic mass is 35.5. The summed E-state index contributed by atoms with van der Waals surface area (Å²) in [7, 11) is 1.60. The van der Waals surface area contributed by atoms with Gasteiger partial charge in [0.15, 0.2) is 6.61 Å². The predicted octanol–water partition coefficient (Wildman–Crippen LogP) is 3.07. The van der Waals surface area contributed by atoms with Gasteiger partial charge in [-0.1, -0.05) is 11.6 Å². The van der Waals surface area contributed by atoms with Gasteiger partial charge >= 0.3 is 12.1 Å². The van der Waals surface area contributed by atoms with Crippen LogP contribution in [0.3, 0.4) is 0 Å². The summed E-state index contributed by atoms with van der Waals surface area (Å²) in [5, 5.41) is 5.62. The van der Waals surface area contributed by atoms with Gasteiger partial charge in [0.25, 0.3) is 11.7 Å². The first kappa shape index (κ1) is 21.4. The summed E-state index contributed by atoms with van der Waals surface area (Å²) in [5.74, 6) is -3.17. The molecule has 0 aliphatic heterocycles. The number of rotatable bonds is 5. The summed E-state index contributed by atoms with van der Waals surface area (Å²) in [4.78, 5) is 35.9. The molecule has 2 aromatic rings. The molecule has 0 saturated carbocycles. The topological polar surface area (TPSA) is 90.3 Å². The van der Waals surface area contributed by atoms with Crippen LogP contribution < -0.4 is 5.32 Å². The number of Topliss-reactive ketones (excluding diaryl/α,β-unsaturated/α-hetero) is 1. The average Bonchev–Trinajstić information content (AvgIpc) is 2.85. The van der Waals surface area contributed by atoms with Crippen molar-refractivity contribution in [3.63, 3.8) is 0 Å². The number of benzene rings is 1. The van der Waals surface area contributed by atoms with Crippen molar-refractivity contribution in [2.45, 2.75) is 20.0 Å². The van der Waals surface area contributed by atoms with Gasteiger partial charge in [-0.3, -0.25) is 14.3 Å². The van der Waals surface area contributed by atoms with E-state index in [0.717, 1.165) is 12.1 Å². The van der Waals surface area contributed by atoms with Crippen LogP contribution in [0, 0.1) is 13.8 Å². The number of amides is 1. The van der Waals surface area contributed by atoms with E-state index in [1.807, 2.05) is 0 Å². The minimum Gasteiger partial charge on any atom is -0.450 e. The lowest BCUT2D eigenvalue weighted by Crippen LogP contribution is -2.25. The molecule has 11 heteroatoms. The van der Waals surface area contributed by atoms with E-state index in [9.17, 15) is 27.6 Å². The zero-order chi connectivity index (χ0) is 21.2. The smallest absolute Gasteiger partial charge is 0.417 e. The summed E-state index contributed by atoms with van der Waals surface area (Å²) in [5.41, 5.74) is -0.470. The molecule has 0 atom stereocenters. The maximum atomic E-state index is 12.8. The van der Waals surface area contributed by atoms with E-state index in [-0.39, 0.29) is 11.3 Å². The lowest BCUT2D eigenvalue weighted by molar-refractivity contribution is -0.142. The van der Waals surface area contributed by atoms with Crippen LogP contribution in [0.15, 0.2) is 18.2 Å². The molecule has 2 rings (SSSR count). The molecule has 1 aromatic carbocycles. The number of esters is 1. The van der Waals surface area contributed by atoms with Crippen molar-refractivity contribution in [2.75, 3.05) is 11.9 Å². The molecule has 28 heavy (non-hydrogen) atoms. The van der Waals surface area contributed by atoms with Crippen LogP contribution in [-0.4, -0.2) is 34.0 Å². The van der Waals surface area contributed by atoms with Gasteiger partial charge in [-0.15, -0.1) is 0 Å². The number of hydrogen-bond donors (Lipinski definition) is 1. The van der Waals surface area contributed by atoms with Crippen LogP contribution in [0.2, 0.25) is 5.02 Å². The summed E-state index contributed by atoms with van der Waals surface area (Å²) in [6.45, 7) is 2.28. The molecular weight excluding hydrogens is 403 g/mol. The second-order valence-electron chi connectivity index (χ2n) is 5.82. The van der Waals surface area contributed by atoms with Crippen molar-refractivity contribution >= 4 is 34.9 Å². The largest absolute Gasteiger partial charge is 0.450 e. The number of aryl methyl sites for hydroxylation is 2. The Balaban J connectivity index is 2.01. The fraction of sp³-hybridized carbons (Fsp3) is 0.294. The Bertz CT molecular complexity index is 954. The Morgan fingerprint density at radius 3 is 2.43 bits per heavy atom. The molecule has 1 amide bonds. The van der Waals surface area contributed by atoms with E-state index in [4.69, 9.17) is 11.6 Å². The van der Waals surface area contributed by atoms with Gasteiger partial charge in [0.2, 0.25) is 0 Å². The van der Waals surface area contributed by atoms with E-state index in [1.54, 1.807) is 20.9 Å². The first-order chi connectivity index (χ1) is 12.9. The van der Waals surface area contributed by atoms with Crippen molar-refractivity contribution in [3.05, 3.63) is 45.7 Å². The van der Waals surface area contributed by atoms with Crippen LogP contribution in [-0.2, 0) is 27.5 Å². The zero-order valence-corrected chi connectivity index (χ0v) is 15.7. The minimum atomic E-state index is -4.70. The van der Waals surface area contributed by atoms with Crippen molar-refractivity contribution in [1.29, 1.82) is 0 Å². The molecule has 0 aliphatic rings. The lowest BCUT2D eigenvalue weighted by atomic mass is 10.1. The monoisotopic (exact) mass is 417 g/mol. The van der Waals surface area contributed by atoms with Crippen molar-refractivity contribution in [3.8, 4) is 0 Å². The Morgan fingerprint density at radius 2 is 1.89 bits per heavy atom. The van der Waals surface area contributed by atoms with Crippen LogP contribution >= 0.6 is 11.6 Å². The maximum absolute atomic E-state index is 12.8. The fourth-order valence-electron chi connectivity index (χ4n) is 2.42. The number of alkyl halides is 3. The van der Waals surface area contributed by atoms with E-state index >= 15 is 0 Å². The van der Waals surface area contributed by atoms with Crippen molar-refractivity contribution < 1.29 is 32.3 Å². The zero-order valence-electron chi connectivity index (χ0n) is 15.0. The Morgan fingerprint density at radius 1 is 1.25 bits per heavy atom. The molecule has 1 heterocycles. The van der Waals surface area contributed by atoms with Gasteiger partial charge in [0, 0.05) is 18.4 Å². The highest BCUT2D eigenvalue weighted by Crippen LogP contribution is 2.36.